The molecule has 0 fully saturated rings. The number of carbonyl (C=O) groups is 1. The van der Waals surface area contributed by atoms with Crippen molar-refractivity contribution in [2.45, 2.75) is 13.8 Å². The molecule has 1 amide bonds. The molecule has 0 bridgehead atoms. The number of anilines is 1. The molecule has 0 heterocycles. The standard InChI is InChI=1S/C16H16N2O4/c1-11-6-3-4-9-15(11)22-10-16(19)17-13-7-5-8-14(12(13)2)18(20)21/h3-9H,10H2,1-2H3,(H,17,19). The van der Waals surface area contributed by atoms with Crippen LogP contribution in [-0.4, -0.2) is 17.4 Å². The maximum Gasteiger partial charge on any atom is 0.274 e. The molecule has 0 aliphatic heterocycles. The van der Waals surface area contributed by atoms with Crippen molar-refractivity contribution in [3.8, 4) is 5.75 Å². The summed E-state index contributed by atoms with van der Waals surface area (Å²) >= 11 is 0. The first-order chi connectivity index (χ1) is 10.5. The fraction of sp³-hybridized carbons (Fsp3) is 0.188. The minimum atomic E-state index is -0.477. The Labute approximate surface area is 127 Å². The molecule has 2 rings (SSSR count). The first-order valence-electron chi connectivity index (χ1n) is 6.71. The van der Waals surface area contributed by atoms with Gasteiger partial charge in [-0.2, -0.15) is 0 Å². The number of nitrogens with zero attached hydrogens (tertiary/aromatic N) is 1. The maximum absolute atomic E-state index is 11.9. The molecule has 0 aromatic heterocycles. The highest BCUT2D eigenvalue weighted by Crippen LogP contribution is 2.25. The number of carbonyl (C=O) groups excluding carboxylic acids is 1. The number of hydrogen-bond acceptors (Lipinski definition) is 4. The summed E-state index contributed by atoms with van der Waals surface area (Å²) in [4.78, 5) is 22.3. The highest BCUT2D eigenvalue weighted by molar-refractivity contribution is 5.93. The molecular weight excluding hydrogens is 284 g/mol. The molecule has 1 N–H and O–H groups in total. The van der Waals surface area contributed by atoms with Crippen LogP contribution in [0.1, 0.15) is 11.1 Å². The first kappa shape index (κ1) is 15.5. The van der Waals surface area contributed by atoms with Crippen LogP contribution in [0.2, 0.25) is 0 Å². The van der Waals surface area contributed by atoms with Gasteiger partial charge in [-0.1, -0.05) is 24.3 Å². The van der Waals surface area contributed by atoms with E-state index in [0.717, 1.165) is 5.56 Å². The Kier molecular flexibility index (Phi) is 4.73. The van der Waals surface area contributed by atoms with Gasteiger partial charge in [-0.3, -0.25) is 14.9 Å². The van der Waals surface area contributed by atoms with Crippen molar-refractivity contribution in [1.82, 2.24) is 0 Å². The Balaban J connectivity index is 2.02. The number of nitro groups is 1. The smallest absolute Gasteiger partial charge is 0.274 e. The van der Waals surface area contributed by atoms with Crippen LogP contribution in [0.4, 0.5) is 11.4 Å². The van der Waals surface area contributed by atoms with Gasteiger partial charge in [0, 0.05) is 6.07 Å². The molecule has 0 aliphatic carbocycles. The van der Waals surface area contributed by atoms with E-state index >= 15 is 0 Å². The largest absolute Gasteiger partial charge is 0.483 e. The third-order valence-electron chi connectivity index (χ3n) is 3.23. The molecular formula is C16H16N2O4. The molecule has 2 aromatic rings. The minimum Gasteiger partial charge on any atom is -0.483 e. The number of ether oxygens (including phenoxy) is 1. The van der Waals surface area contributed by atoms with Crippen LogP contribution in [0.25, 0.3) is 0 Å². The van der Waals surface area contributed by atoms with Crippen molar-refractivity contribution in [2.75, 3.05) is 11.9 Å². The Morgan fingerprint density at radius 3 is 2.59 bits per heavy atom. The van der Waals surface area contributed by atoms with E-state index in [0.29, 0.717) is 17.0 Å². The lowest BCUT2D eigenvalue weighted by Crippen LogP contribution is -2.21. The van der Waals surface area contributed by atoms with E-state index in [9.17, 15) is 14.9 Å². The van der Waals surface area contributed by atoms with Gasteiger partial charge in [-0.05, 0) is 31.5 Å². The fourth-order valence-electron chi connectivity index (χ4n) is 2.00. The zero-order valence-electron chi connectivity index (χ0n) is 12.3. The number of nitrogens with one attached hydrogen (secondary N) is 1. The molecule has 0 atom stereocenters. The predicted octanol–water partition coefficient (Wildman–Crippen LogP) is 3.23. The first-order valence-corrected chi connectivity index (χ1v) is 6.71. The summed E-state index contributed by atoms with van der Waals surface area (Å²) in [5.41, 5.74) is 1.73. The van der Waals surface area contributed by atoms with Crippen LogP contribution in [0.15, 0.2) is 42.5 Å². The van der Waals surface area contributed by atoms with Gasteiger partial charge in [0.25, 0.3) is 11.6 Å². The van der Waals surface area contributed by atoms with E-state index in [1.54, 1.807) is 19.1 Å². The van der Waals surface area contributed by atoms with Gasteiger partial charge < -0.3 is 10.1 Å². The molecule has 6 nitrogen and oxygen atoms in total. The van der Waals surface area contributed by atoms with E-state index in [1.165, 1.54) is 12.1 Å². The molecule has 114 valence electrons. The van der Waals surface area contributed by atoms with Gasteiger partial charge >= 0.3 is 0 Å². The third-order valence-corrected chi connectivity index (χ3v) is 3.23. The van der Waals surface area contributed by atoms with E-state index < -0.39 is 4.92 Å². The number of rotatable bonds is 5. The second kappa shape index (κ2) is 6.71. The summed E-state index contributed by atoms with van der Waals surface area (Å²) in [5, 5.41) is 13.5. The number of para-hydroxylation sites is 1. The van der Waals surface area contributed by atoms with Crippen LogP contribution in [0, 0.1) is 24.0 Å². The van der Waals surface area contributed by atoms with E-state index in [4.69, 9.17) is 4.74 Å². The summed E-state index contributed by atoms with van der Waals surface area (Å²) in [6.45, 7) is 3.32. The second-order valence-electron chi connectivity index (χ2n) is 4.81. The van der Waals surface area contributed by atoms with Crippen molar-refractivity contribution in [3.63, 3.8) is 0 Å². The lowest BCUT2D eigenvalue weighted by molar-refractivity contribution is -0.385. The fourth-order valence-corrected chi connectivity index (χ4v) is 2.00. The number of amides is 1. The van der Waals surface area contributed by atoms with Gasteiger partial charge in [-0.15, -0.1) is 0 Å². The summed E-state index contributed by atoms with van der Waals surface area (Å²) in [6, 6.07) is 11.9. The molecule has 0 aliphatic rings. The monoisotopic (exact) mass is 300 g/mol. The van der Waals surface area contributed by atoms with E-state index in [2.05, 4.69) is 5.32 Å². The van der Waals surface area contributed by atoms with E-state index in [1.807, 2.05) is 25.1 Å². The van der Waals surface area contributed by atoms with Crippen LogP contribution < -0.4 is 10.1 Å². The average Bonchev–Trinajstić information content (AvgIpc) is 2.48. The number of nitro benzene ring substituents is 1. The van der Waals surface area contributed by atoms with Gasteiger partial charge in [0.15, 0.2) is 6.61 Å². The molecule has 2 aromatic carbocycles. The minimum absolute atomic E-state index is 0.0300. The quantitative estimate of drug-likeness (QED) is 0.679. The summed E-state index contributed by atoms with van der Waals surface area (Å²) in [6.07, 6.45) is 0. The molecule has 0 spiro atoms. The maximum atomic E-state index is 11.9. The van der Waals surface area contributed by atoms with Crippen molar-refractivity contribution >= 4 is 17.3 Å². The Morgan fingerprint density at radius 2 is 1.91 bits per heavy atom. The Bertz CT molecular complexity index is 713. The number of hydrogen-bond donors (Lipinski definition) is 1. The Hall–Kier alpha value is -2.89. The third kappa shape index (κ3) is 3.60. The number of aryl methyl sites for hydroxylation is 1. The number of benzene rings is 2. The summed E-state index contributed by atoms with van der Waals surface area (Å²) in [5.74, 6) is 0.264. The molecule has 0 unspecified atom stereocenters. The lowest BCUT2D eigenvalue weighted by atomic mass is 10.1. The van der Waals surface area contributed by atoms with Crippen LogP contribution in [0.3, 0.4) is 0 Å². The summed E-state index contributed by atoms with van der Waals surface area (Å²) in [7, 11) is 0. The van der Waals surface area contributed by atoms with Gasteiger partial charge in [0.1, 0.15) is 5.75 Å². The van der Waals surface area contributed by atoms with Crippen molar-refractivity contribution in [1.29, 1.82) is 0 Å². The molecule has 6 heteroatoms. The van der Waals surface area contributed by atoms with Gasteiger partial charge in [-0.25, -0.2) is 0 Å². The van der Waals surface area contributed by atoms with Crippen molar-refractivity contribution in [2.24, 2.45) is 0 Å². The van der Waals surface area contributed by atoms with Crippen molar-refractivity contribution in [3.05, 3.63) is 63.7 Å². The lowest BCUT2D eigenvalue weighted by Gasteiger charge is -2.11. The van der Waals surface area contributed by atoms with E-state index in [-0.39, 0.29) is 18.2 Å². The van der Waals surface area contributed by atoms with Crippen molar-refractivity contribution < 1.29 is 14.5 Å². The molecule has 0 radical (unpaired) electrons. The average molecular weight is 300 g/mol. The van der Waals surface area contributed by atoms with Crippen LogP contribution >= 0.6 is 0 Å². The summed E-state index contributed by atoms with van der Waals surface area (Å²) < 4.78 is 5.44. The predicted molar refractivity (Wildman–Crippen MR) is 83.1 cm³/mol. The zero-order chi connectivity index (χ0) is 16.1. The molecule has 0 saturated heterocycles. The topological polar surface area (TPSA) is 81.5 Å². The van der Waals surface area contributed by atoms with Gasteiger partial charge in [0.2, 0.25) is 0 Å². The Morgan fingerprint density at radius 1 is 1.18 bits per heavy atom. The van der Waals surface area contributed by atoms with Crippen LogP contribution in [0.5, 0.6) is 5.75 Å². The van der Waals surface area contributed by atoms with Gasteiger partial charge in [0.05, 0.1) is 16.2 Å². The normalized spacial score (nSPS) is 10.1. The highest BCUT2D eigenvalue weighted by atomic mass is 16.6. The second-order valence-corrected chi connectivity index (χ2v) is 4.81. The zero-order valence-corrected chi connectivity index (χ0v) is 12.3. The van der Waals surface area contributed by atoms with Crippen LogP contribution in [-0.2, 0) is 4.79 Å². The molecule has 0 saturated carbocycles. The SMILES string of the molecule is Cc1ccccc1OCC(=O)Nc1cccc([N+](=O)[O-])c1C. The highest BCUT2D eigenvalue weighted by Gasteiger charge is 2.15. The molecule has 22 heavy (non-hydrogen) atoms.